The van der Waals surface area contributed by atoms with Crippen LogP contribution in [-0.2, 0) is 9.53 Å². The van der Waals surface area contributed by atoms with Crippen molar-refractivity contribution in [2.24, 2.45) is 0 Å². The molecule has 1 atom stereocenters. The fraction of sp³-hybridized carbons (Fsp3) is 0.857. The molecule has 2 heterocycles. The van der Waals surface area contributed by atoms with Crippen LogP contribution in [0.2, 0.25) is 0 Å². The van der Waals surface area contributed by atoms with Crippen LogP contribution in [0.5, 0.6) is 0 Å². The van der Waals surface area contributed by atoms with Gasteiger partial charge in [0.25, 0.3) is 0 Å². The average molecular weight is 283 g/mol. The van der Waals surface area contributed by atoms with Gasteiger partial charge in [0, 0.05) is 26.7 Å². The molecule has 0 radical (unpaired) electrons. The lowest BCUT2D eigenvalue weighted by Gasteiger charge is -2.45. The standard InChI is InChI=1S/C14H25N3O3/c1-13(2,3)20-12(19)17-7-6-14(10-17)9-15(4)11(18)8-16(14)5/h6-10H2,1-5H3. The zero-order valence-corrected chi connectivity index (χ0v) is 13.1. The summed E-state index contributed by atoms with van der Waals surface area (Å²) in [5.41, 5.74) is -0.600. The second-order valence-electron chi connectivity index (χ2n) is 6.98. The highest BCUT2D eigenvalue weighted by Gasteiger charge is 2.48. The van der Waals surface area contributed by atoms with Gasteiger partial charge in [0.1, 0.15) is 5.60 Å². The monoisotopic (exact) mass is 283 g/mol. The molecule has 20 heavy (non-hydrogen) atoms. The number of carbonyl (C=O) groups excluding carboxylic acids is 2. The molecule has 1 spiro atoms. The van der Waals surface area contributed by atoms with Crippen LogP contribution in [0.4, 0.5) is 4.79 Å². The van der Waals surface area contributed by atoms with Gasteiger partial charge in [-0.1, -0.05) is 0 Å². The second kappa shape index (κ2) is 4.91. The molecular weight excluding hydrogens is 258 g/mol. The minimum absolute atomic E-state index is 0.125. The van der Waals surface area contributed by atoms with Gasteiger partial charge in [0.2, 0.25) is 5.91 Å². The van der Waals surface area contributed by atoms with E-state index in [4.69, 9.17) is 4.74 Å². The highest BCUT2D eigenvalue weighted by atomic mass is 16.6. The Morgan fingerprint density at radius 1 is 1.25 bits per heavy atom. The smallest absolute Gasteiger partial charge is 0.410 e. The van der Waals surface area contributed by atoms with Crippen molar-refractivity contribution < 1.29 is 14.3 Å². The van der Waals surface area contributed by atoms with Crippen LogP contribution >= 0.6 is 0 Å². The zero-order valence-electron chi connectivity index (χ0n) is 13.1. The number of amides is 2. The van der Waals surface area contributed by atoms with Crippen molar-refractivity contribution in [3.8, 4) is 0 Å². The van der Waals surface area contributed by atoms with Crippen molar-refractivity contribution in [3.63, 3.8) is 0 Å². The van der Waals surface area contributed by atoms with Gasteiger partial charge in [0.15, 0.2) is 0 Å². The summed E-state index contributed by atoms with van der Waals surface area (Å²) in [5.74, 6) is 0.133. The third-order valence-electron chi connectivity index (χ3n) is 4.12. The van der Waals surface area contributed by atoms with Crippen molar-refractivity contribution in [1.82, 2.24) is 14.7 Å². The maximum absolute atomic E-state index is 12.1. The Kier molecular flexibility index (Phi) is 3.71. The first-order valence-corrected chi connectivity index (χ1v) is 7.06. The minimum Gasteiger partial charge on any atom is -0.444 e. The first-order valence-electron chi connectivity index (χ1n) is 7.06. The van der Waals surface area contributed by atoms with Gasteiger partial charge in [-0.15, -0.1) is 0 Å². The molecule has 6 nitrogen and oxygen atoms in total. The van der Waals surface area contributed by atoms with Crippen molar-refractivity contribution in [3.05, 3.63) is 0 Å². The predicted octanol–water partition coefficient (Wildman–Crippen LogP) is 0.770. The first kappa shape index (κ1) is 15.1. The van der Waals surface area contributed by atoms with Crippen molar-refractivity contribution in [2.45, 2.75) is 38.3 Å². The lowest BCUT2D eigenvalue weighted by molar-refractivity contribution is -0.139. The number of ether oxygens (including phenoxy) is 1. The lowest BCUT2D eigenvalue weighted by Crippen LogP contribution is -2.63. The Morgan fingerprint density at radius 3 is 2.50 bits per heavy atom. The summed E-state index contributed by atoms with van der Waals surface area (Å²) in [6.07, 6.45) is 0.614. The molecule has 0 N–H and O–H groups in total. The van der Waals surface area contributed by atoms with Crippen LogP contribution in [0.1, 0.15) is 27.2 Å². The van der Waals surface area contributed by atoms with E-state index in [1.165, 1.54) is 0 Å². The number of rotatable bonds is 0. The fourth-order valence-corrected chi connectivity index (χ4v) is 2.92. The van der Waals surface area contributed by atoms with Crippen molar-refractivity contribution >= 4 is 12.0 Å². The van der Waals surface area contributed by atoms with Crippen LogP contribution in [0.25, 0.3) is 0 Å². The quantitative estimate of drug-likeness (QED) is 0.659. The highest BCUT2D eigenvalue weighted by Crippen LogP contribution is 2.31. The molecule has 2 fully saturated rings. The average Bonchev–Trinajstić information content (AvgIpc) is 2.70. The van der Waals surface area contributed by atoms with Gasteiger partial charge in [-0.2, -0.15) is 0 Å². The summed E-state index contributed by atoms with van der Waals surface area (Å²) in [7, 11) is 3.79. The highest BCUT2D eigenvalue weighted by molar-refractivity contribution is 5.79. The summed E-state index contributed by atoms with van der Waals surface area (Å²) in [6.45, 7) is 8.00. The van der Waals surface area contributed by atoms with Crippen LogP contribution in [0.3, 0.4) is 0 Å². The van der Waals surface area contributed by atoms with Gasteiger partial charge < -0.3 is 14.5 Å². The number of likely N-dealkylation sites (tertiary alicyclic amines) is 1. The van der Waals surface area contributed by atoms with E-state index in [9.17, 15) is 9.59 Å². The van der Waals surface area contributed by atoms with E-state index in [0.717, 1.165) is 6.42 Å². The molecular formula is C14H25N3O3. The fourth-order valence-electron chi connectivity index (χ4n) is 2.92. The van der Waals surface area contributed by atoms with E-state index < -0.39 is 5.60 Å². The van der Waals surface area contributed by atoms with Gasteiger partial charge in [-0.3, -0.25) is 9.69 Å². The Balaban J connectivity index is 2.04. The predicted molar refractivity (Wildman–Crippen MR) is 75.4 cm³/mol. The number of nitrogens with zero attached hydrogens (tertiary/aromatic N) is 3. The zero-order chi connectivity index (χ0) is 15.1. The third-order valence-corrected chi connectivity index (χ3v) is 4.12. The molecule has 0 aromatic carbocycles. The molecule has 1 unspecified atom stereocenters. The van der Waals surface area contributed by atoms with Crippen LogP contribution in [-0.4, -0.2) is 78.1 Å². The molecule has 6 heteroatoms. The van der Waals surface area contributed by atoms with E-state index in [1.807, 2.05) is 34.9 Å². The van der Waals surface area contributed by atoms with Crippen LogP contribution in [0.15, 0.2) is 0 Å². The summed E-state index contributed by atoms with van der Waals surface area (Å²) in [5, 5.41) is 0. The van der Waals surface area contributed by atoms with Gasteiger partial charge in [0.05, 0.1) is 12.1 Å². The molecule has 0 aliphatic carbocycles. The number of likely N-dealkylation sites (N-methyl/N-ethyl adjacent to an activating group) is 2. The SMILES string of the molecule is CN1CC2(CCN(C(=O)OC(C)(C)C)C2)N(C)CC1=O. The van der Waals surface area contributed by atoms with Gasteiger partial charge in [-0.05, 0) is 34.2 Å². The normalized spacial score (nSPS) is 28.4. The molecule has 2 saturated heterocycles. The molecule has 2 aliphatic heterocycles. The maximum Gasteiger partial charge on any atom is 0.410 e. The van der Waals surface area contributed by atoms with E-state index in [1.54, 1.807) is 9.80 Å². The molecule has 0 bridgehead atoms. The molecule has 0 aromatic heterocycles. The third kappa shape index (κ3) is 2.90. The Labute approximate surface area is 120 Å². The topological polar surface area (TPSA) is 53.1 Å². The van der Waals surface area contributed by atoms with Crippen molar-refractivity contribution in [2.75, 3.05) is 40.3 Å². The number of piperazine rings is 1. The van der Waals surface area contributed by atoms with Crippen molar-refractivity contribution in [1.29, 1.82) is 0 Å². The first-order chi connectivity index (χ1) is 9.13. The van der Waals surface area contributed by atoms with E-state index >= 15 is 0 Å². The Morgan fingerprint density at radius 2 is 1.90 bits per heavy atom. The number of carbonyl (C=O) groups is 2. The molecule has 2 amide bonds. The van der Waals surface area contributed by atoms with Gasteiger partial charge in [-0.25, -0.2) is 4.79 Å². The van der Waals surface area contributed by atoms with E-state index in [0.29, 0.717) is 26.2 Å². The molecule has 0 aromatic rings. The molecule has 2 aliphatic rings. The molecule has 0 saturated carbocycles. The lowest BCUT2D eigenvalue weighted by atomic mass is 9.93. The van der Waals surface area contributed by atoms with Crippen LogP contribution in [0, 0.1) is 0 Å². The number of hydrogen-bond donors (Lipinski definition) is 0. The summed E-state index contributed by atoms with van der Waals surface area (Å²) in [6, 6.07) is 0. The summed E-state index contributed by atoms with van der Waals surface area (Å²) < 4.78 is 5.43. The van der Waals surface area contributed by atoms with E-state index in [-0.39, 0.29) is 17.5 Å². The molecule has 114 valence electrons. The van der Waals surface area contributed by atoms with E-state index in [2.05, 4.69) is 4.90 Å². The van der Waals surface area contributed by atoms with Gasteiger partial charge >= 0.3 is 6.09 Å². The summed E-state index contributed by atoms with van der Waals surface area (Å²) >= 11 is 0. The number of hydrogen-bond acceptors (Lipinski definition) is 4. The minimum atomic E-state index is -0.474. The largest absolute Gasteiger partial charge is 0.444 e. The maximum atomic E-state index is 12.1. The Hall–Kier alpha value is -1.30. The molecule has 2 rings (SSSR count). The summed E-state index contributed by atoms with van der Waals surface area (Å²) in [4.78, 5) is 29.5. The Bertz CT molecular complexity index is 418. The van der Waals surface area contributed by atoms with Crippen LogP contribution < -0.4 is 0 Å². The second-order valence-corrected chi connectivity index (χ2v) is 6.98.